The van der Waals surface area contributed by atoms with Crippen LogP contribution < -0.4 is 10.1 Å². The fourth-order valence-electron chi connectivity index (χ4n) is 3.14. The van der Waals surface area contributed by atoms with Crippen LogP contribution in [0.4, 0.5) is 0 Å². The molecule has 0 aromatic heterocycles. The van der Waals surface area contributed by atoms with Crippen LogP contribution in [0, 0.1) is 0 Å². The summed E-state index contributed by atoms with van der Waals surface area (Å²) in [5.74, 6) is 1.08. The van der Waals surface area contributed by atoms with E-state index in [0.29, 0.717) is 6.04 Å². The SMILES string of the molecule is CN1CCCCC1CNCc1ccc2c(c1)CCO2. The largest absolute Gasteiger partial charge is 0.493 e. The van der Waals surface area contributed by atoms with Crippen molar-refractivity contribution < 1.29 is 4.74 Å². The Morgan fingerprint density at radius 2 is 2.32 bits per heavy atom. The van der Waals surface area contributed by atoms with E-state index in [1.54, 1.807) is 0 Å². The summed E-state index contributed by atoms with van der Waals surface area (Å²) in [5, 5.41) is 3.61. The van der Waals surface area contributed by atoms with Gasteiger partial charge in [0.05, 0.1) is 6.61 Å². The average molecular weight is 260 g/mol. The van der Waals surface area contributed by atoms with Gasteiger partial charge in [0, 0.05) is 25.6 Å². The first-order valence-electron chi connectivity index (χ1n) is 7.48. The summed E-state index contributed by atoms with van der Waals surface area (Å²) in [7, 11) is 2.25. The van der Waals surface area contributed by atoms with Crippen LogP contribution in [0.3, 0.4) is 0 Å². The van der Waals surface area contributed by atoms with E-state index in [0.717, 1.165) is 31.9 Å². The number of ether oxygens (including phenoxy) is 1. The van der Waals surface area contributed by atoms with Gasteiger partial charge >= 0.3 is 0 Å². The Morgan fingerprint density at radius 3 is 3.21 bits per heavy atom. The second-order valence-corrected chi connectivity index (χ2v) is 5.80. The number of piperidine rings is 1. The molecule has 1 fully saturated rings. The van der Waals surface area contributed by atoms with Gasteiger partial charge in [0.2, 0.25) is 0 Å². The first-order chi connectivity index (χ1) is 9.33. The predicted molar refractivity (Wildman–Crippen MR) is 77.6 cm³/mol. The van der Waals surface area contributed by atoms with Crippen LogP contribution in [0.2, 0.25) is 0 Å². The van der Waals surface area contributed by atoms with Crippen molar-refractivity contribution in [3.63, 3.8) is 0 Å². The molecule has 1 N–H and O–H groups in total. The van der Waals surface area contributed by atoms with Gasteiger partial charge in [-0.3, -0.25) is 0 Å². The third kappa shape index (κ3) is 3.10. The van der Waals surface area contributed by atoms with Gasteiger partial charge in [0.1, 0.15) is 5.75 Å². The summed E-state index contributed by atoms with van der Waals surface area (Å²) in [6.45, 7) is 4.17. The highest BCUT2D eigenvalue weighted by Gasteiger charge is 2.18. The highest BCUT2D eigenvalue weighted by Crippen LogP contribution is 2.25. The minimum Gasteiger partial charge on any atom is -0.493 e. The molecular formula is C16H24N2O. The second kappa shape index (κ2) is 5.93. The molecule has 19 heavy (non-hydrogen) atoms. The molecule has 0 saturated carbocycles. The van der Waals surface area contributed by atoms with Crippen molar-refractivity contribution in [3.05, 3.63) is 29.3 Å². The lowest BCUT2D eigenvalue weighted by Crippen LogP contribution is -2.42. The maximum absolute atomic E-state index is 5.54. The minimum absolute atomic E-state index is 0.714. The maximum Gasteiger partial charge on any atom is 0.122 e. The van der Waals surface area contributed by atoms with E-state index >= 15 is 0 Å². The van der Waals surface area contributed by atoms with Crippen molar-refractivity contribution in [1.29, 1.82) is 0 Å². The monoisotopic (exact) mass is 260 g/mol. The third-order valence-electron chi connectivity index (χ3n) is 4.38. The number of benzene rings is 1. The average Bonchev–Trinajstić information content (AvgIpc) is 2.88. The summed E-state index contributed by atoms with van der Waals surface area (Å²) in [6, 6.07) is 7.31. The lowest BCUT2D eigenvalue weighted by molar-refractivity contribution is 0.181. The van der Waals surface area contributed by atoms with Gasteiger partial charge in [-0.2, -0.15) is 0 Å². The van der Waals surface area contributed by atoms with Crippen LogP contribution in [0.15, 0.2) is 18.2 Å². The third-order valence-corrected chi connectivity index (χ3v) is 4.38. The lowest BCUT2D eigenvalue weighted by Gasteiger charge is -2.32. The molecule has 0 aliphatic carbocycles. The first-order valence-corrected chi connectivity index (χ1v) is 7.48. The Kier molecular flexibility index (Phi) is 4.04. The highest BCUT2D eigenvalue weighted by atomic mass is 16.5. The number of likely N-dealkylation sites (N-methyl/N-ethyl adjacent to an activating group) is 1. The summed E-state index contributed by atoms with van der Waals surface area (Å²) in [4.78, 5) is 2.49. The van der Waals surface area contributed by atoms with E-state index in [4.69, 9.17) is 4.74 Å². The Morgan fingerprint density at radius 1 is 1.37 bits per heavy atom. The van der Waals surface area contributed by atoms with Crippen LogP contribution in [-0.2, 0) is 13.0 Å². The maximum atomic E-state index is 5.54. The molecule has 3 heteroatoms. The number of fused-ring (bicyclic) bond motifs is 1. The molecule has 1 atom stereocenters. The van der Waals surface area contributed by atoms with Gasteiger partial charge in [-0.1, -0.05) is 18.6 Å². The quantitative estimate of drug-likeness (QED) is 0.898. The molecule has 0 spiro atoms. The van der Waals surface area contributed by atoms with E-state index in [2.05, 4.69) is 35.5 Å². The van der Waals surface area contributed by atoms with Gasteiger partial charge in [0.15, 0.2) is 0 Å². The fourth-order valence-corrected chi connectivity index (χ4v) is 3.14. The highest BCUT2D eigenvalue weighted by molar-refractivity contribution is 5.39. The molecule has 3 rings (SSSR count). The summed E-state index contributed by atoms with van der Waals surface area (Å²) in [6.07, 6.45) is 5.14. The van der Waals surface area contributed by atoms with E-state index in [9.17, 15) is 0 Å². The topological polar surface area (TPSA) is 24.5 Å². The molecule has 0 bridgehead atoms. The zero-order valence-corrected chi connectivity index (χ0v) is 11.8. The number of hydrogen-bond donors (Lipinski definition) is 1. The minimum atomic E-state index is 0.714. The predicted octanol–water partition coefficient (Wildman–Crippen LogP) is 2.20. The number of nitrogens with one attached hydrogen (secondary N) is 1. The molecular weight excluding hydrogens is 236 g/mol. The van der Waals surface area contributed by atoms with Crippen LogP contribution >= 0.6 is 0 Å². The number of hydrogen-bond acceptors (Lipinski definition) is 3. The Labute approximate surface area is 115 Å². The van der Waals surface area contributed by atoms with E-state index in [1.165, 1.54) is 36.9 Å². The van der Waals surface area contributed by atoms with Crippen molar-refractivity contribution in [2.45, 2.75) is 38.3 Å². The smallest absolute Gasteiger partial charge is 0.122 e. The van der Waals surface area contributed by atoms with Crippen LogP contribution in [0.5, 0.6) is 5.75 Å². The Bertz CT molecular complexity index is 433. The van der Waals surface area contributed by atoms with Gasteiger partial charge in [0.25, 0.3) is 0 Å². The molecule has 1 saturated heterocycles. The molecule has 3 nitrogen and oxygen atoms in total. The standard InChI is InChI=1S/C16H24N2O/c1-18-8-3-2-4-15(18)12-17-11-13-5-6-16-14(10-13)7-9-19-16/h5-6,10,15,17H,2-4,7-9,11-12H2,1H3. The fraction of sp³-hybridized carbons (Fsp3) is 0.625. The molecule has 1 aromatic rings. The lowest BCUT2D eigenvalue weighted by atomic mass is 10.0. The van der Waals surface area contributed by atoms with Crippen molar-refractivity contribution in [2.24, 2.45) is 0 Å². The normalized spacial score (nSPS) is 23.1. The molecule has 1 unspecified atom stereocenters. The van der Waals surface area contributed by atoms with Crippen LogP contribution in [0.1, 0.15) is 30.4 Å². The molecule has 2 aliphatic heterocycles. The van der Waals surface area contributed by atoms with Crippen LogP contribution in [0.25, 0.3) is 0 Å². The second-order valence-electron chi connectivity index (χ2n) is 5.80. The number of nitrogens with zero attached hydrogens (tertiary/aromatic N) is 1. The first kappa shape index (κ1) is 12.9. The van der Waals surface area contributed by atoms with Gasteiger partial charge < -0.3 is 15.0 Å². The molecule has 0 amide bonds. The van der Waals surface area contributed by atoms with Crippen molar-refractivity contribution in [2.75, 3.05) is 26.7 Å². The number of likely N-dealkylation sites (tertiary alicyclic amines) is 1. The summed E-state index contributed by atoms with van der Waals surface area (Å²) in [5.41, 5.74) is 2.75. The zero-order chi connectivity index (χ0) is 13.1. The zero-order valence-electron chi connectivity index (χ0n) is 11.8. The van der Waals surface area contributed by atoms with Crippen LogP contribution in [-0.4, -0.2) is 37.7 Å². The van der Waals surface area contributed by atoms with Gasteiger partial charge in [-0.05, 0) is 43.6 Å². The summed E-state index contributed by atoms with van der Waals surface area (Å²) < 4.78 is 5.54. The van der Waals surface area contributed by atoms with E-state index < -0.39 is 0 Å². The van der Waals surface area contributed by atoms with Gasteiger partial charge in [-0.25, -0.2) is 0 Å². The van der Waals surface area contributed by atoms with E-state index in [1.807, 2.05) is 0 Å². The Hall–Kier alpha value is -1.06. The molecule has 104 valence electrons. The molecule has 1 aromatic carbocycles. The molecule has 2 aliphatic rings. The van der Waals surface area contributed by atoms with Crippen molar-refractivity contribution in [3.8, 4) is 5.75 Å². The Balaban J connectivity index is 1.49. The summed E-state index contributed by atoms with van der Waals surface area (Å²) >= 11 is 0. The number of rotatable bonds is 4. The van der Waals surface area contributed by atoms with Gasteiger partial charge in [-0.15, -0.1) is 0 Å². The van der Waals surface area contributed by atoms with E-state index in [-0.39, 0.29) is 0 Å². The van der Waals surface area contributed by atoms with Crippen molar-refractivity contribution in [1.82, 2.24) is 10.2 Å². The molecule has 0 radical (unpaired) electrons. The van der Waals surface area contributed by atoms with Crippen molar-refractivity contribution >= 4 is 0 Å². The molecule has 2 heterocycles.